The van der Waals surface area contributed by atoms with E-state index < -0.39 is 0 Å². The standard InChI is InChI=1S/C16H17N/c1-11(2)13-9-10-17-16-14-6-4-3-5-12(14)7-8-15(13)16/h3-8,11H,9-10H2,1-2H3. The first-order valence-corrected chi connectivity index (χ1v) is 6.32. The third-order valence-electron chi connectivity index (χ3n) is 3.59. The molecule has 0 spiro atoms. The Hall–Kier alpha value is -1.63. The molecule has 1 aliphatic heterocycles. The Morgan fingerprint density at radius 3 is 2.71 bits per heavy atom. The molecule has 0 aliphatic carbocycles. The second kappa shape index (κ2) is 3.99. The van der Waals surface area contributed by atoms with Crippen LogP contribution in [0.4, 0.5) is 0 Å². The fraction of sp³-hybridized carbons (Fsp3) is 0.312. The van der Waals surface area contributed by atoms with E-state index >= 15 is 0 Å². The SMILES string of the molecule is CC(C)C1=c2ccc3ccccc3c2=NCC1. The summed E-state index contributed by atoms with van der Waals surface area (Å²) in [7, 11) is 0. The smallest absolute Gasteiger partial charge is 0.0724 e. The maximum Gasteiger partial charge on any atom is 0.0724 e. The van der Waals surface area contributed by atoms with Gasteiger partial charge in [-0.1, -0.05) is 55.8 Å². The van der Waals surface area contributed by atoms with E-state index in [4.69, 9.17) is 4.99 Å². The van der Waals surface area contributed by atoms with E-state index in [0.717, 1.165) is 13.0 Å². The number of fused-ring (bicyclic) bond motifs is 3. The molecule has 0 radical (unpaired) electrons. The first-order valence-electron chi connectivity index (χ1n) is 6.32. The van der Waals surface area contributed by atoms with Crippen molar-refractivity contribution in [2.45, 2.75) is 20.3 Å². The first kappa shape index (κ1) is 10.5. The largest absolute Gasteiger partial charge is 0.284 e. The van der Waals surface area contributed by atoms with E-state index in [0.29, 0.717) is 5.92 Å². The average Bonchev–Trinajstić information content (AvgIpc) is 2.37. The number of rotatable bonds is 1. The van der Waals surface area contributed by atoms with E-state index in [1.165, 1.54) is 21.3 Å². The molecular weight excluding hydrogens is 206 g/mol. The van der Waals surface area contributed by atoms with Crippen molar-refractivity contribution in [2.24, 2.45) is 10.9 Å². The van der Waals surface area contributed by atoms with Crippen molar-refractivity contribution < 1.29 is 0 Å². The van der Waals surface area contributed by atoms with Gasteiger partial charge in [-0.15, -0.1) is 0 Å². The minimum atomic E-state index is 0.616. The van der Waals surface area contributed by atoms with Crippen LogP contribution in [0.2, 0.25) is 0 Å². The lowest BCUT2D eigenvalue weighted by Gasteiger charge is -2.15. The topological polar surface area (TPSA) is 12.4 Å². The molecule has 0 amide bonds. The highest BCUT2D eigenvalue weighted by molar-refractivity contribution is 5.82. The van der Waals surface area contributed by atoms with Gasteiger partial charge < -0.3 is 0 Å². The maximum absolute atomic E-state index is 4.73. The molecule has 0 saturated heterocycles. The molecule has 86 valence electrons. The fourth-order valence-corrected chi connectivity index (χ4v) is 2.71. The van der Waals surface area contributed by atoms with Gasteiger partial charge in [-0.25, -0.2) is 0 Å². The molecule has 1 heterocycles. The highest BCUT2D eigenvalue weighted by Crippen LogP contribution is 2.16. The lowest BCUT2D eigenvalue weighted by atomic mass is 9.94. The van der Waals surface area contributed by atoms with Crippen molar-refractivity contribution >= 4 is 16.3 Å². The van der Waals surface area contributed by atoms with Gasteiger partial charge in [0.05, 0.1) is 5.36 Å². The highest BCUT2D eigenvalue weighted by Gasteiger charge is 2.10. The quantitative estimate of drug-likeness (QED) is 0.705. The molecule has 0 unspecified atom stereocenters. The van der Waals surface area contributed by atoms with E-state index in [9.17, 15) is 0 Å². The lowest BCUT2D eigenvalue weighted by molar-refractivity contribution is 0.777. The van der Waals surface area contributed by atoms with Gasteiger partial charge >= 0.3 is 0 Å². The molecule has 2 aromatic carbocycles. The van der Waals surface area contributed by atoms with Gasteiger partial charge in [-0.3, -0.25) is 4.99 Å². The summed E-state index contributed by atoms with van der Waals surface area (Å²) in [6, 6.07) is 13.0. The number of hydrogen-bond acceptors (Lipinski definition) is 1. The molecule has 1 nitrogen and oxygen atoms in total. The Kier molecular flexibility index (Phi) is 2.47. The monoisotopic (exact) mass is 223 g/mol. The van der Waals surface area contributed by atoms with Gasteiger partial charge in [-0.2, -0.15) is 0 Å². The predicted molar refractivity (Wildman–Crippen MR) is 72.5 cm³/mol. The zero-order valence-electron chi connectivity index (χ0n) is 10.4. The van der Waals surface area contributed by atoms with Crippen molar-refractivity contribution in [1.82, 2.24) is 0 Å². The molecule has 2 aromatic rings. The van der Waals surface area contributed by atoms with E-state index in [-0.39, 0.29) is 0 Å². The van der Waals surface area contributed by atoms with Crippen LogP contribution in [-0.2, 0) is 0 Å². The van der Waals surface area contributed by atoms with Crippen LogP contribution < -0.4 is 10.6 Å². The summed E-state index contributed by atoms with van der Waals surface area (Å²) < 4.78 is 0. The Labute approximate surface area is 102 Å². The molecular formula is C16H17N. The normalized spacial score (nSPS) is 14.9. The maximum atomic E-state index is 4.73. The van der Waals surface area contributed by atoms with Crippen LogP contribution in [-0.4, -0.2) is 6.54 Å². The molecule has 1 aliphatic rings. The number of nitrogens with zero attached hydrogens (tertiary/aromatic N) is 1. The van der Waals surface area contributed by atoms with E-state index in [1.54, 1.807) is 5.57 Å². The highest BCUT2D eigenvalue weighted by atomic mass is 14.7. The molecule has 17 heavy (non-hydrogen) atoms. The third kappa shape index (κ3) is 1.66. The minimum Gasteiger partial charge on any atom is -0.284 e. The van der Waals surface area contributed by atoms with Gasteiger partial charge in [0, 0.05) is 11.9 Å². The van der Waals surface area contributed by atoms with Gasteiger partial charge in [0.1, 0.15) is 0 Å². The summed E-state index contributed by atoms with van der Waals surface area (Å²) in [5, 5.41) is 5.16. The predicted octanol–water partition coefficient (Wildman–Crippen LogP) is 2.67. The first-order chi connectivity index (χ1) is 8.27. The molecule has 0 N–H and O–H groups in total. The summed E-state index contributed by atoms with van der Waals surface area (Å²) in [5.41, 5.74) is 1.56. The second-order valence-corrected chi connectivity index (χ2v) is 4.99. The Balaban J connectivity index is 2.50. The molecule has 1 heteroatoms. The zero-order chi connectivity index (χ0) is 11.8. The lowest BCUT2D eigenvalue weighted by Crippen LogP contribution is -2.33. The van der Waals surface area contributed by atoms with E-state index in [1.807, 2.05) is 0 Å². The Morgan fingerprint density at radius 1 is 1.06 bits per heavy atom. The Bertz CT molecular complexity index is 680. The summed E-state index contributed by atoms with van der Waals surface area (Å²) in [4.78, 5) is 4.73. The summed E-state index contributed by atoms with van der Waals surface area (Å²) >= 11 is 0. The molecule has 3 rings (SSSR count). The van der Waals surface area contributed by atoms with Crippen molar-refractivity contribution in [3.05, 3.63) is 47.0 Å². The number of benzene rings is 2. The summed E-state index contributed by atoms with van der Waals surface area (Å²) in [6.45, 7) is 5.49. The van der Waals surface area contributed by atoms with Crippen LogP contribution in [0.25, 0.3) is 16.3 Å². The average molecular weight is 223 g/mol. The molecule has 0 bridgehead atoms. The van der Waals surface area contributed by atoms with Gasteiger partial charge in [0.2, 0.25) is 0 Å². The van der Waals surface area contributed by atoms with E-state index in [2.05, 4.69) is 50.2 Å². The van der Waals surface area contributed by atoms with Crippen molar-refractivity contribution in [2.75, 3.05) is 6.54 Å². The van der Waals surface area contributed by atoms with Gasteiger partial charge in [0.15, 0.2) is 0 Å². The van der Waals surface area contributed by atoms with Crippen LogP contribution in [0.1, 0.15) is 20.3 Å². The van der Waals surface area contributed by atoms with Crippen LogP contribution in [0.3, 0.4) is 0 Å². The van der Waals surface area contributed by atoms with Crippen LogP contribution in [0.15, 0.2) is 41.4 Å². The summed E-state index contributed by atoms with van der Waals surface area (Å²) in [6.07, 6.45) is 1.11. The second-order valence-electron chi connectivity index (χ2n) is 4.99. The third-order valence-corrected chi connectivity index (χ3v) is 3.59. The van der Waals surface area contributed by atoms with Crippen LogP contribution >= 0.6 is 0 Å². The molecule has 0 atom stereocenters. The van der Waals surface area contributed by atoms with Crippen LogP contribution in [0, 0.1) is 5.92 Å². The van der Waals surface area contributed by atoms with Crippen molar-refractivity contribution in [3.8, 4) is 0 Å². The van der Waals surface area contributed by atoms with Crippen LogP contribution in [0.5, 0.6) is 0 Å². The zero-order valence-corrected chi connectivity index (χ0v) is 10.4. The Morgan fingerprint density at radius 2 is 1.88 bits per heavy atom. The van der Waals surface area contributed by atoms with Crippen molar-refractivity contribution in [3.63, 3.8) is 0 Å². The fourth-order valence-electron chi connectivity index (χ4n) is 2.71. The molecule has 0 saturated carbocycles. The summed E-state index contributed by atoms with van der Waals surface area (Å²) in [5.74, 6) is 0.616. The minimum absolute atomic E-state index is 0.616. The molecule has 0 fully saturated rings. The van der Waals surface area contributed by atoms with Gasteiger partial charge in [0.25, 0.3) is 0 Å². The van der Waals surface area contributed by atoms with Gasteiger partial charge in [-0.05, 0) is 22.9 Å². The van der Waals surface area contributed by atoms with Crippen molar-refractivity contribution in [1.29, 1.82) is 0 Å². The number of hydrogen-bond donors (Lipinski definition) is 0. The molecule has 0 aromatic heterocycles.